The quantitative estimate of drug-likeness (QED) is 0.739. The van der Waals surface area contributed by atoms with Gasteiger partial charge in [-0.05, 0) is 37.8 Å². The lowest BCUT2D eigenvalue weighted by atomic mass is 10.2. The normalized spacial score (nSPS) is 17.0. The Kier molecular flexibility index (Phi) is 3.23. The highest BCUT2D eigenvalue weighted by molar-refractivity contribution is 5.47. The van der Waals surface area contributed by atoms with E-state index in [-0.39, 0.29) is 0 Å². The lowest BCUT2D eigenvalue weighted by Gasteiger charge is -2.08. The minimum Gasteiger partial charge on any atom is -0.359 e. The van der Waals surface area contributed by atoms with E-state index < -0.39 is 0 Å². The molecule has 74 valence electrons. The molecule has 1 aromatic rings. The molecule has 0 heterocycles. The highest BCUT2D eigenvalue weighted by atomic mass is 14.9. The Balaban J connectivity index is 1.99. The van der Waals surface area contributed by atoms with Crippen molar-refractivity contribution in [3.63, 3.8) is 0 Å². The van der Waals surface area contributed by atoms with E-state index in [1.165, 1.54) is 43.5 Å². The molecular weight excluding hydrogens is 170 g/mol. The zero-order valence-corrected chi connectivity index (χ0v) is 8.50. The van der Waals surface area contributed by atoms with Crippen molar-refractivity contribution in [1.82, 2.24) is 0 Å². The molecule has 0 saturated carbocycles. The third kappa shape index (κ3) is 2.63. The molecule has 1 aromatic carbocycles. The maximum atomic E-state index is 3.48. The standard InChI is InChI=1S/C13H17N/c1-2-5-9-12(8-4-1)14-13-10-6-3-7-11-13/h3,6-8,10-11,14H,1-2,4-5,9H2. The van der Waals surface area contributed by atoms with Crippen molar-refractivity contribution in [2.75, 3.05) is 5.32 Å². The number of benzene rings is 1. The zero-order chi connectivity index (χ0) is 9.64. The van der Waals surface area contributed by atoms with Gasteiger partial charge in [0.15, 0.2) is 0 Å². The van der Waals surface area contributed by atoms with E-state index in [4.69, 9.17) is 0 Å². The summed E-state index contributed by atoms with van der Waals surface area (Å²) in [5.41, 5.74) is 2.61. The number of hydrogen-bond donors (Lipinski definition) is 1. The van der Waals surface area contributed by atoms with E-state index in [9.17, 15) is 0 Å². The first-order valence-corrected chi connectivity index (χ1v) is 5.46. The Bertz CT molecular complexity index is 300. The molecule has 1 nitrogen and oxygen atoms in total. The van der Waals surface area contributed by atoms with Crippen molar-refractivity contribution in [1.29, 1.82) is 0 Å². The van der Waals surface area contributed by atoms with Gasteiger partial charge in [0.25, 0.3) is 0 Å². The fourth-order valence-corrected chi connectivity index (χ4v) is 1.84. The van der Waals surface area contributed by atoms with Crippen LogP contribution in [-0.4, -0.2) is 0 Å². The van der Waals surface area contributed by atoms with Gasteiger partial charge in [-0.2, -0.15) is 0 Å². The molecule has 0 radical (unpaired) electrons. The minimum atomic E-state index is 1.20. The first-order chi connectivity index (χ1) is 6.95. The number of rotatable bonds is 2. The first kappa shape index (κ1) is 9.32. The van der Waals surface area contributed by atoms with Crippen LogP contribution in [0.4, 0.5) is 5.69 Å². The fraction of sp³-hybridized carbons (Fsp3) is 0.385. The molecule has 1 N–H and O–H groups in total. The molecule has 14 heavy (non-hydrogen) atoms. The predicted octanol–water partition coefficient (Wildman–Crippen LogP) is 3.95. The van der Waals surface area contributed by atoms with E-state index >= 15 is 0 Å². The van der Waals surface area contributed by atoms with Crippen molar-refractivity contribution in [2.45, 2.75) is 32.1 Å². The van der Waals surface area contributed by atoms with E-state index in [0.717, 1.165) is 0 Å². The van der Waals surface area contributed by atoms with Gasteiger partial charge in [0, 0.05) is 11.4 Å². The number of nitrogens with one attached hydrogen (secondary N) is 1. The fourth-order valence-electron chi connectivity index (χ4n) is 1.84. The highest BCUT2D eigenvalue weighted by Crippen LogP contribution is 2.19. The van der Waals surface area contributed by atoms with Gasteiger partial charge in [0.2, 0.25) is 0 Å². The second-order valence-electron chi connectivity index (χ2n) is 3.82. The summed E-state index contributed by atoms with van der Waals surface area (Å²) in [6.07, 6.45) is 8.83. The van der Waals surface area contributed by atoms with Crippen molar-refractivity contribution < 1.29 is 0 Å². The molecule has 0 bridgehead atoms. The number of allylic oxidation sites excluding steroid dienone is 2. The van der Waals surface area contributed by atoms with Gasteiger partial charge in [-0.25, -0.2) is 0 Å². The molecule has 1 aliphatic carbocycles. The summed E-state index contributed by atoms with van der Waals surface area (Å²) in [5.74, 6) is 0. The van der Waals surface area contributed by atoms with Gasteiger partial charge >= 0.3 is 0 Å². The minimum absolute atomic E-state index is 1.20. The summed E-state index contributed by atoms with van der Waals surface area (Å²) in [6.45, 7) is 0. The van der Waals surface area contributed by atoms with Crippen molar-refractivity contribution in [3.05, 3.63) is 42.1 Å². The molecule has 0 amide bonds. The summed E-state index contributed by atoms with van der Waals surface area (Å²) in [5, 5.41) is 3.48. The van der Waals surface area contributed by atoms with Crippen LogP contribution in [0.25, 0.3) is 0 Å². The van der Waals surface area contributed by atoms with Crippen LogP contribution >= 0.6 is 0 Å². The topological polar surface area (TPSA) is 12.0 Å². The SMILES string of the molecule is C1=C(Nc2ccccc2)CCCCC1. The largest absolute Gasteiger partial charge is 0.359 e. The molecular formula is C13H17N. The number of hydrogen-bond acceptors (Lipinski definition) is 1. The Morgan fingerprint density at radius 3 is 2.64 bits per heavy atom. The van der Waals surface area contributed by atoms with Crippen LogP contribution in [0.3, 0.4) is 0 Å². The Morgan fingerprint density at radius 1 is 0.929 bits per heavy atom. The van der Waals surface area contributed by atoms with Gasteiger partial charge in [-0.3, -0.25) is 0 Å². The average Bonchev–Trinajstić information content (AvgIpc) is 2.48. The van der Waals surface area contributed by atoms with Gasteiger partial charge < -0.3 is 5.32 Å². The maximum Gasteiger partial charge on any atom is 0.0381 e. The lowest BCUT2D eigenvalue weighted by Crippen LogP contribution is -1.98. The molecule has 1 aliphatic rings. The molecule has 0 saturated heterocycles. The summed E-state index contributed by atoms with van der Waals surface area (Å²) >= 11 is 0. The lowest BCUT2D eigenvalue weighted by molar-refractivity contribution is 0.712. The van der Waals surface area contributed by atoms with E-state index in [1.54, 1.807) is 0 Å². The summed E-state index contributed by atoms with van der Waals surface area (Å²) in [4.78, 5) is 0. The first-order valence-electron chi connectivity index (χ1n) is 5.46. The molecule has 0 aromatic heterocycles. The van der Waals surface area contributed by atoms with Crippen LogP contribution in [0.15, 0.2) is 42.1 Å². The number of para-hydroxylation sites is 1. The Morgan fingerprint density at radius 2 is 1.79 bits per heavy atom. The molecule has 0 fully saturated rings. The predicted molar refractivity (Wildman–Crippen MR) is 61.2 cm³/mol. The van der Waals surface area contributed by atoms with Gasteiger partial charge in [0.05, 0.1) is 0 Å². The summed E-state index contributed by atoms with van der Waals surface area (Å²) in [7, 11) is 0. The smallest absolute Gasteiger partial charge is 0.0381 e. The Labute approximate surface area is 85.8 Å². The molecule has 0 unspecified atom stereocenters. The highest BCUT2D eigenvalue weighted by Gasteiger charge is 2.01. The van der Waals surface area contributed by atoms with E-state index in [1.807, 2.05) is 6.07 Å². The second kappa shape index (κ2) is 4.85. The van der Waals surface area contributed by atoms with Gasteiger partial charge in [-0.15, -0.1) is 0 Å². The zero-order valence-electron chi connectivity index (χ0n) is 8.50. The molecule has 0 atom stereocenters. The third-order valence-corrected chi connectivity index (χ3v) is 2.62. The van der Waals surface area contributed by atoms with Crippen LogP contribution in [0.2, 0.25) is 0 Å². The third-order valence-electron chi connectivity index (χ3n) is 2.62. The van der Waals surface area contributed by atoms with Crippen LogP contribution < -0.4 is 5.32 Å². The molecule has 2 rings (SSSR count). The van der Waals surface area contributed by atoms with Crippen molar-refractivity contribution in [2.24, 2.45) is 0 Å². The van der Waals surface area contributed by atoms with Crippen LogP contribution in [-0.2, 0) is 0 Å². The van der Waals surface area contributed by atoms with Crippen LogP contribution in [0.5, 0.6) is 0 Å². The van der Waals surface area contributed by atoms with Crippen LogP contribution in [0.1, 0.15) is 32.1 Å². The van der Waals surface area contributed by atoms with E-state index in [0.29, 0.717) is 0 Å². The average molecular weight is 187 g/mol. The van der Waals surface area contributed by atoms with Crippen molar-refractivity contribution >= 4 is 5.69 Å². The van der Waals surface area contributed by atoms with E-state index in [2.05, 4.69) is 35.7 Å². The van der Waals surface area contributed by atoms with Gasteiger partial charge in [-0.1, -0.05) is 30.7 Å². The summed E-state index contributed by atoms with van der Waals surface area (Å²) in [6, 6.07) is 10.4. The van der Waals surface area contributed by atoms with Gasteiger partial charge in [0.1, 0.15) is 0 Å². The maximum absolute atomic E-state index is 3.48. The molecule has 0 aliphatic heterocycles. The number of anilines is 1. The molecule has 0 spiro atoms. The molecule has 1 heteroatoms. The second-order valence-corrected chi connectivity index (χ2v) is 3.82. The van der Waals surface area contributed by atoms with Crippen molar-refractivity contribution in [3.8, 4) is 0 Å². The summed E-state index contributed by atoms with van der Waals surface area (Å²) < 4.78 is 0. The monoisotopic (exact) mass is 187 g/mol. The Hall–Kier alpha value is -1.24. The van der Waals surface area contributed by atoms with Crippen LogP contribution in [0, 0.1) is 0 Å².